The first-order valence-corrected chi connectivity index (χ1v) is 5.60. The standard InChI is InChI=1S/C13H18FNO/c1-4-15(5-2)13(10(3)16)11-7-6-8-12(14)9-11/h6-9,13H,4-5H2,1-3H3. The largest absolute Gasteiger partial charge is 0.298 e. The zero-order valence-corrected chi connectivity index (χ0v) is 10.0. The second kappa shape index (κ2) is 5.75. The second-order valence-corrected chi connectivity index (χ2v) is 3.79. The van der Waals surface area contributed by atoms with Crippen LogP contribution >= 0.6 is 0 Å². The van der Waals surface area contributed by atoms with Crippen molar-refractivity contribution >= 4 is 5.78 Å². The van der Waals surface area contributed by atoms with Crippen LogP contribution in [0.3, 0.4) is 0 Å². The summed E-state index contributed by atoms with van der Waals surface area (Å²) in [5.41, 5.74) is 0.733. The first kappa shape index (κ1) is 12.8. The zero-order chi connectivity index (χ0) is 12.1. The first-order valence-electron chi connectivity index (χ1n) is 5.60. The Morgan fingerprint density at radius 3 is 2.44 bits per heavy atom. The molecule has 16 heavy (non-hydrogen) atoms. The average molecular weight is 223 g/mol. The van der Waals surface area contributed by atoms with Gasteiger partial charge in [-0.2, -0.15) is 0 Å². The van der Waals surface area contributed by atoms with Gasteiger partial charge in [0.15, 0.2) is 5.78 Å². The molecule has 0 spiro atoms. The highest BCUT2D eigenvalue weighted by Gasteiger charge is 2.22. The highest BCUT2D eigenvalue weighted by atomic mass is 19.1. The van der Waals surface area contributed by atoms with E-state index in [1.165, 1.54) is 12.1 Å². The monoisotopic (exact) mass is 223 g/mol. The van der Waals surface area contributed by atoms with E-state index in [1.807, 2.05) is 18.7 Å². The van der Waals surface area contributed by atoms with Crippen LogP contribution in [0.1, 0.15) is 32.4 Å². The topological polar surface area (TPSA) is 20.3 Å². The third kappa shape index (κ3) is 2.89. The average Bonchev–Trinajstić information content (AvgIpc) is 2.24. The van der Waals surface area contributed by atoms with Crippen molar-refractivity contribution in [3.05, 3.63) is 35.6 Å². The van der Waals surface area contributed by atoms with Crippen LogP contribution in [0, 0.1) is 5.82 Å². The van der Waals surface area contributed by atoms with Crippen molar-refractivity contribution in [2.45, 2.75) is 26.8 Å². The Balaban J connectivity index is 3.06. The number of hydrogen-bond acceptors (Lipinski definition) is 2. The van der Waals surface area contributed by atoms with E-state index >= 15 is 0 Å². The van der Waals surface area contributed by atoms with Crippen molar-refractivity contribution in [1.29, 1.82) is 0 Å². The lowest BCUT2D eigenvalue weighted by molar-refractivity contribution is -0.122. The Bertz CT molecular complexity index is 361. The molecule has 0 aliphatic rings. The highest BCUT2D eigenvalue weighted by molar-refractivity contribution is 5.82. The predicted octanol–water partition coefficient (Wildman–Crippen LogP) is 2.80. The van der Waals surface area contributed by atoms with Crippen molar-refractivity contribution in [2.24, 2.45) is 0 Å². The van der Waals surface area contributed by atoms with Gasteiger partial charge in [0.1, 0.15) is 5.82 Å². The molecular formula is C13H18FNO. The van der Waals surface area contributed by atoms with Crippen LogP contribution in [0.15, 0.2) is 24.3 Å². The van der Waals surface area contributed by atoms with Gasteiger partial charge >= 0.3 is 0 Å². The normalized spacial score (nSPS) is 12.8. The van der Waals surface area contributed by atoms with Gasteiger partial charge in [0.05, 0.1) is 6.04 Å². The van der Waals surface area contributed by atoms with Gasteiger partial charge in [-0.15, -0.1) is 0 Å². The fourth-order valence-electron chi connectivity index (χ4n) is 1.97. The SMILES string of the molecule is CCN(CC)C(C(C)=O)c1cccc(F)c1. The summed E-state index contributed by atoms with van der Waals surface area (Å²) in [6.07, 6.45) is 0. The minimum absolute atomic E-state index is 0.0503. The summed E-state index contributed by atoms with van der Waals surface area (Å²) in [6, 6.07) is 5.94. The van der Waals surface area contributed by atoms with Crippen LogP contribution in [0.4, 0.5) is 4.39 Å². The number of benzene rings is 1. The quantitative estimate of drug-likeness (QED) is 0.765. The second-order valence-electron chi connectivity index (χ2n) is 3.79. The lowest BCUT2D eigenvalue weighted by Gasteiger charge is -2.27. The van der Waals surface area contributed by atoms with Gasteiger partial charge in [-0.25, -0.2) is 4.39 Å². The van der Waals surface area contributed by atoms with Crippen molar-refractivity contribution in [3.8, 4) is 0 Å². The maximum Gasteiger partial charge on any atom is 0.151 e. The Morgan fingerprint density at radius 1 is 1.38 bits per heavy atom. The molecule has 1 atom stereocenters. The summed E-state index contributed by atoms with van der Waals surface area (Å²) < 4.78 is 13.1. The van der Waals surface area contributed by atoms with Crippen molar-refractivity contribution < 1.29 is 9.18 Å². The van der Waals surface area contributed by atoms with E-state index < -0.39 is 0 Å². The smallest absolute Gasteiger partial charge is 0.151 e. The molecule has 0 heterocycles. The molecule has 1 aromatic rings. The summed E-state index contributed by atoms with van der Waals surface area (Å²) in [5, 5.41) is 0. The number of nitrogens with zero attached hydrogens (tertiary/aromatic N) is 1. The molecule has 1 rings (SSSR count). The van der Waals surface area contributed by atoms with E-state index in [4.69, 9.17) is 0 Å². The van der Waals surface area contributed by atoms with Gasteiger partial charge in [0, 0.05) is 0 Å². The van der Waals surface area contributed by atoms with E-state index in [1.54, 1.807) is 19.1 Å². The zero-order valence-electron chi connectivity index (χ0n) is 10.0. The molecule has 3 heteroatoms. The molecule has 88 valence electrons. The van der Waals surface area contributed by atoms with Gasteiger partial charge in [0.25, 0.3) is 0 Å². The molecule has 0 bridgehead atoms. The molecule has 0 fully saturated rings. The van der Waals surface area contributed by atoms with Crippen molar-refractivity contribution in [1.82, 2.24) is 4.90 Å². The minimum atomic E-state index is -0.328. The molecule has 0 saturated carbocycles. The number of halogens is 1. The fourth-order valence-corrected chi connectivity index (χ4v) is 1.97. The predicted molar refractivity (Wildman–Crippen MR) is 62.7 cm³/mol. The van der Waals surface area contributed by atoms with E-state index in [2.05, 4.69) is 0 Å². The summed E-state index contributed by atoms with van der Waals surface area (Å²) in [4.78, 5) is 13.7. The van der Waals surface area contributed by atoms with Crippen LogP contribution in [0.25, 0.3) is 0 Å². The fraction of sp³-hybridized carbons (Fsp3) is 0.462. The number of carbonyl (C=O) groups is 1. The number of likely N-dealkylation sites (N-methyl/N-ethyl adjacent to an activating group) is 1. The molecule has 1 aromatic carbocycles. The molecule has 0 radical (unpaired) electrons. The van der Waals surface area contributed by atoms with Crippen molar-refractivity contribution in [3.63, 3.8) is 0 Å². The molecular weight excluding hydrogens is 205 g/mol. The van der Waals surface area contributed by atoms with Gasteiger partial charge in [-0.05, 0) is 37.7 Å². The Labute approximate surface area is 96.1 Å². The van der Waals surface area contributed by atoms with Crippen LogP contribution in [-0.4, -0.2) is 23.8 Å². The van der Waals surface area contributed by atoms with Gasteiger partial charge in [0.2, 0.25) is 0 Å². The summed E-state index contributed by atoms with van der Waals surface area (Å²) in [7, 11) is 0. The maximum atomic E-state index is 13.1. The molecule has 2 nitrogen and oxygen atoms in total. The van der Waals surface area contributed by atoms with Gasteiger partial charge < -0.3 is 0 Å². The molecule has 0 amide bonds. The Hall–Kier alpha value is -1.22. The molecule has 0 N–H and O–H groups in total. The molecule has 1 unspecified atom stereocenters. The lowest BCUT2D eigenvalue weighted by Crippen LogP contribution is -2.32. The summed E-state index contributed by atoms with van der Waals surface area (Å²) in [6.45, 7) is 7.10. The van der Waals surface area contributed by atoms with E-state index in [9.17, 15) is 9.18 Å². The number of carbonyl (C=O) groups excluding carboxylic acids is 1. The minimum Gasteiger partial charge on any atom is -0.298 e. The lowest BCUT2D eigenvalue weighted by atomic mass is 10.0. The van der Waals surface area contributed by atoms with E-state index in [0.717, 1.165) is 18.7 Å². The van der Waals surface area contributed by atoms with Crippen LogP contribution in [0.2, 0.25) is 0 Å². The number of ketones is 1. The van der Waals surface area contributed by atoms with Crippen LogP contribution in [-0.2, 0) is 4.79 Å². The molecule has 0 aliphatic heterocycles. The Morgan fingerprint density at radius 2 is 2.00 bits per heavy atom. The highest BCUT2D eigenvalue weighted by Crippen LogP contribution is 2.22. The summed E-state index contributed by atoms with van der Waals surface area (Å²) in [5.74, 6) is -0.245. The number of Topliss-reactive ketones (excluding diaryl/α,β-unsaturated/α-hetero) is 1. The number of rotatable bonds is 5. The third-order valence-corrected chi connectivity index (χ3v) is 2.73. The van der Waals surface area contributed by atoms with Gasteiger partial charge in [-0.1, -0.05) is 26.0 Å². The Kier molecular flexibility index (Phi) is 4.62. The summed E-state index contributed by atoms with van der Waals surface area (Å²) >= 11 is 0. The maximum absolute atomic E-state index is 13.1. The van der Waals surface area contributed by atoms with Gasteiger partial charge in [-0.3, -0.25) is 9.69 Å². The first-order chi connectivity index (χ1) is 7.60. The van der Waals surface area contributed by atoms with E-state index in [0.29, 0.717) is 0 Å². The van der Waals surface area contributed by atoms with Crippen LogP contribution < -0.4 is 0 Å². The third-order valence-electron chi connectivity index (χ3n) is 2.73. The van der Waals surface area contributed by atoms with Crippen LogP contribution in [0.5, 0.6) is 0 Å². The molecule has 0 aliphatic carbocycles. The number of hydrogen-bond donors (Lipinski definition) is 0. The van der Waals surface area contributed by atoms with E-state index in [-0.39, 0.29) is 17.6 Å². The molecule has 0 aromatic heterocycles. The van der Waals surface area contributed by atoms with Crippen molar-refractivity contribution in [2.75, 3.05) is 13.1 Å². The molecule has 0 saturated heterocycles.